The van der Waals surface area contributed by atoms with E-state index in [0.29, 0.717) is 9.65 Å². The number of hydrogen-bond acceptors (Lipinski definition) is 6. The van der Waals surface area contributed by atoms with Crippen molar-refractivity contribution < 1.29 is 17.9 Å². The van der Waals surface area contributed by atoms with Gasteiger partial charge < -0.3 is 10.5 Å². The second-order valence-electron chi connectivity index (χ2n) is 4.45. The minimum absolute atomic E-state index is 0.123. The third-order valence-electron chi connectivity index (χ3n) is 2.79. The molecule has 0 radical (unpaired) electrons. The van der Waals surface area contributed by atoms with Gasteiger partial charge in [-0.15, -0.1) is 9.19 Å². The van der Waals surface area contributed by atoms with Crippen molar-refractivity contribution in [1.82, 2.24) is 9.19 Å². The molecule has 0 bridgehead atoms. The van der Waals surface area contributed by atoms with Crippen LogP contribution in [0.2, 0.25) is 0 Å². The molecule has 0 spiro atoms. The molecular weight excluding hydrogens is 294 g/mol. The summed E-state index contributed by atoms with van der Waals surface area (Å²) in [5.41, 5.74) is 6.95. The van der Waals surface area contributed by atoms with Gasteiger partial charge in [0.2, 0.25) is 5.88 Å². The van der Waals surface area contributed by atoms with E-state index < -0.39 is 16.0 Å². The van der Waals surface area contributed by atoms with Crippen molar-refractivity contribution in [3.63, 3.8) is 0 Å². The van der Waals surface area contributed by atoms with Gasteiger partial charge in [0.1, 0.15) is 5.82 Å². The number of hydrogen-bond donors (Lipinski definition) is 1. The third-order valence-corrected chi connectivity index (χ3v) is 3.71. The molecule has 0 fully saturated rings. The number of benzene rings is 1. The number of aromatic nitrogens is 2. The van der Waals surface area contributed by atoms with E-state index in [0.717, 1.165) is 18.2 Å². The summed E-state index contributed by atoms with van der Waals surface area (Å²) in [5, 5.41) is 3.64. The van der Waals surface area contributed by atoms with Crippen LogP contribution in [-0.4, -0.2) is 29.8 Å². The average Bonchev–Trinajstić information content (AvgIpc) is 2.79. The number of nitrogens with zero attached hydrogens (tertiary/aromatic N) is 2. The highest BCUT2D eigenvalue weighted by Crippen LogP contribution is 2.17. The number of anilines is 1. The Morgan fingerprint density at radius 1 is 1.33 bits per heavy atom. The number of esters is 1. The van der Waals surface area contributed by atoms with Crippen LogP contribution < -0.4 is 10.5 Å². The quantitative estimate of drug-likeness (QED) is 0.847. The first-order chi connectivity index (χ1) is 9.81. The predicted molar refractivity (Wildman–Crippen MR) is 77.7 cm³/mol. The highest BCUT2D eigenvalue weighted by molar-refractivity contribution is 7.89. The molecule has 8 heteroatoms. The standard InChI is InChI=1S/C13H15N3O4S/c1-3-9-4-6-10(7-5-9)13(17)20-12-8-11(14)16(15-12)21(2,18)19/h4-8H,3,14H2,1-2H3. The van der Waals surface area contributed by atoms with Crippen molar-refractivity contribution in [3.05, 3.63) is 41.5 Å². The summed E-state index contributed by atoms with van der Waals surface area (Å²) < 4.78 is 28.4. The van der Waals surface area contributed by atoms with Crippen LogP contribution in [0.5, 0.6) is 5.88 Å². The first-order valence-corrected chi connectivity index (χ1v) is 8.03. The van der Waals surface area contributed by atoms with E-state index in [4.69, 9.17) is 10.5 Å². The Hall–Kier alpha value is -2.35. The molecule has 0 amide bonds. The summed E-state index contributed by atoms with van der Waals surface area (Å²) in [6.45, 7) is 2.01. The SMILES string of the molecule is CCc1ccc(C(=O)Oc2cc(N)n(S(C)(=O)=O)n2)cc1. The lowest BCUT2D eigenvalue weighted by molar-refractivity contribution is 0.0727. The van der Waals surface area contributed by atoms with Gasteiger partial charge in [0.25, 0.3) is 10.0 Å². The molecule has 1 heterocycles. The van der Waals surface area contributed by atoms with E-state index >= 15 is 0 Å². The van der Waals surface area contributed by atoms with Gasteiger partial charge in [0.05, 0.1) is 11.8 Å². The van der Waals surface area contributed by atoms with Gasteiger partial charge in [-0.3, -0.25) is 0 Å². The van der Waals surface area contributed by atoms with E-state index in [-0.39, 0.29) is 11.7 Å². The molecule has 0 aliphatic heterocycles. The second kappa shape index (κ2) is 5.57. The van der Waals surface area contributed by atoms with Gasteiger partial charge in [-0.1, -0.05) is 19.1 Å². The fraction of sp³-hybridized carbons (Fsp3) is 0.231. The van der Waals surface area contributed by atoms with Crippen molar-refractivity contribution in [2.24, 2.45) is 0 Å². The van der Waals surface area contributed by atoms with Crippen molar-refractivity contribution in [2.75, 3.05) is 12.0 Å². The molecule has 0 unspecified atom stereocenters. The Labute approximate surface area is 122 Å². The van der Waals surface area contributed by atoms with E-state index in [1.165, 1.54) is 6.07 Å². The van der Waals surface area contributed by atoms with Crippen LogP contribution in [0.4, 0.5) is 5.82 Å². The van der Waals surface area contributed by atoms with E-state index in [9.17, 15) is 13.2 Å². The van der Waals surface area contributed by atoms with Crippen LogP contribution >= 0.6 is 0 Å². The van der Waals surface area contributed by atoms with Crippen molar-refractivity contribution in [2.45, 2.75) is 13.3 Å². The van der Waals surface area contributed by atoms with E-state index in [1.807, 2.05) is 19.1 Å². The van der Waals surface area contributed by atoms with Gasteiger partial charge in [0, 0.05) is 6.07 Å². The summed E-state index contributed by atoms with van der Waals surface area (Å²) in [6.07, 6.45) is 1.82. The van der Waals surface area contributed by atoms with Gasteiger partial charge >= 0.3 is 5.97 Å². The topological polar surface area (TPSA) is 104 Å². The fourth-order valence-electron chi connectivity index (χ4n) is 1.70. The number of ether oxygens (including phenoxy) is 1. The number of nitrogen functional groups attached to an aromatic ring is 1. The molecule has 2 aromatic rings. The highest BCUT2D eigenvalue weighted by atomic mass is 32.2. The molecule has 0 aliphatic carbocycles. The third kappa shape index (κ3) is 3.40. The Morgan fingerprint density at radius 2 is 1.95 bits per heavy atom. The fourth-order valence-corrected chi connectivity index (χ4v) is 2.37. The molecule has 2 N–H and O–H groups in total. The summed E-state index contributed by atoms with van der Waals surface area (Å²) in [5.74, 6) is -0.917. The summed E-state index contributed by atoms with van der Waals surface area (Å²) in [4.78, 5) is 11.9. The van der Waals surface area contributed by atoms with E-state index in [2.05, 4.69) is 5.10 Å². The van der Waals surface area contributed by atoms with Crippen molar-refractivity contribution in [1.29, 1.82) is 0 Å². The van der Waals surface area contributed by atoms with E-state index in [1.54, 1.807) is 12.1 Å². The number of carbonyl (C=O) groups is 1. The van der Waals surface area contributed by atoms with Gasteiger partial charge in [-0.05, 0) is 24.1 Å². The summed E-state index contributed by atoms with van der Waals surface area (Å²) in [6, 6.07) is 8.09. The Balaban J connectivity index is 2.19. The molecule has 2 rings (SSSR count). The molecule has 1 aromatic heterocycles. The zero-order valence-electron chi connectivity index (χ0n) is 11.6. The molecule has 0 saturated heterocycles. The maximum atomic E-state index is 11.9. The van der Waals surface area contributed by atoms with Crippen LogP contribution in [0, 0.1) is 0 Å². The van der Waals surface area contributed by atoms with Crippen LogP contribution in [0.3, 0.4) is 0 Å². The van der Waals surface area contributed by atoms with Gasteiger partial charge in [0.15, 0.2) is 0 Å². The zero-order chi connectivity index (χ0) is 15.6. The molecule has 112 valence electrons. The normalized spacial score (nSPS) is 11.3. The first-order valence-electron chi connectivity index (χ1n) is 6.18. The highest BCUT2D eigenvalue weighted by Gasteiger charge is 2.17. The Kier molecular flexibility index (Phi) is 3.99. The minimum atomic E-state index is -3.63. The lowest BCUT2D eigenvalue weighted by Crippen LogP contribution is -2.15. The number of nitrogens with two attached hydrogens (primary N) is 1. The molecule has 0 atom stereocenters. The lowest BCUT2D eigenvalue weighted by Gasteiger charge is -2.02. The van der Waals surface area contributed by atoms with Crippen LogP contribution in [0.15, 0.2) is 30.3 Å². The Morgan fingerprint density at radius 3 is 2.43 bits per heavy atom. The molecule has 0 saturated carbocycles. The van der Waals surface area contributed by atoms with Crippen LogP contribution in [0.25, 0.3) is 0 Å². The minimum Gasteiger partial charge on any atom is -0.402 e. The summed E-state index contributed by atoms with van der Waals surface area (Å²) >= 11 is 0. The molecule has 21 heavy (non-hydrogen) atoms. The van der Waals surface area contributed by atoms with Crippen LogP contribution in [0.1, 0.15) is 22.8 Å². The molecule has 7 nitrogen and oxygen atoms in total. The number of aryl methyl sites for hydroxylation is 1. The molecule has 0 aliphatic rings. The maximum Gasteiger partial charge on any atom is 0.344 e. The monoisotopic (exact) mass is 309 g/mol. The predicted octanol–water partition coefficient (Wildman–Crippen LogP) is 1.05. The smallest absolute Gasteiger partial charge is 0.344 e. The number of carbonyl (C=O) groups excluding carboxylic acids is 1. The maximum absolute atomic E-state index is 11.9. The van der Waals surface area contributed by atoms with Crippen molar-refractivity contribution in [3.8, 4) is 5.88 Å². The molecular formula is C13H15N3O4S. The van der Waals surface area contributed by atoms with Crippen LogP contribution in [-0.2, 0) is 16.4 Å². The Bertz CT molecular complexity index is 763. The first kappa shape index (κ1) is 15.0. The molecule has 1 aromatic carbocycles. The summed E-state index contributed by atoms with van der Waals surface area (Å²) in [7, 11) is -3.63. The largest absolute Gasteiger partial charge is 0.402 e. The zero-order valence-corrected chi connectivity index (χ0v) is 12.4. The van der Waals surface area contributed by atoms with Gasteiger partial charge in [-0.2, -0.15) is 0 Å². The van der Waals surface area contributed by atoms with Crippen molar-refractivity contribution >= 4 is 21.8 Å². The lowest BCUT2D eigenvalue weighted by atomic mass is 10.1. The second-order valence-corrected chi connectivity index (χ2v) is 6.27. The van der Waals surface area contributed by atoms with Gasteiger partial charge in [-0.25, -0.2) is 13.2 Å². The number of rotatable bonds is 4. The average molecular weight is 309 g/mol.